The van der Waals surface area contributed by atoms with E-state index in [0.717, 1.165) is 15.7 Å². The Morgan fingerprint density at radius 3 is 2.42 bits per heavy atom. The van der Waals surface area contributed by atoms with Gasteiger partial charge < -0.3 is 19.8 Å². The zero-order chi connectivity index (χ0) is 14.0. The number of anilines is 1. The monoisotopic (exact) mass is 325 g/mol. The molecule has 0 amide bonds. The van der Waals surface area contributed by atoms with E-state index in [1.165, 1.54) is 0 Å². The van der Waals surface area contributed by atoms with Gasteiger partial charge in [-0.05, 0) is 24.6 Å². The van der Waals surface area contributed by atoms with Gasteiger partial charge in [0.1, 0.15) is 0 Å². The Labute approximate surface area is 120 Å². The second-order valence-corrected chi connectivity index (χ2v) is 5.00. The topological polar surface area (TPSA) is 62.3 Å². The molecule has 6 heteroatoms. The summed E-state index contributed by atoms with van der Waals surface area (Å²) in [7, 11) is 3.23. The SMILES string of the molecule is COc1cc(Br)c(Cn2c(C)cnc2N)cc1OC. The van der Waals surface area contributed by atoms with Crippen LogP contribution in [0, 0.1) is 6.92 Å². The Morgan fingerprint density at radius 2 is 1.89 bits per heavy atom. The first-order chi connectivity index (χ1) is 9.06. The second kappa shape index (κ2) is 5.52. The maximum atomic E-state index is 5.85. The highest BCUT2D eigenvalue weighted by Gasteiger charge is 2.12. The first kappa shape index (κ1) is 13.7. The van der Waals surface area contributed by atoms with E-state index in [0.29, 0.717) is 24.0 Å². The first-order valence-corrected chi connectivity index (χ1v) is 6.54. The molecular formula is C13H16BrN3O2. The Bertz CT molecular complexity index is 576. The Kier molecular flexibility index (Phi) is 3.99. The summed E-state index contributed by atoms with van der Waals surface area (Å²) in [5, 5.41) is 0. The van der Waals surface area contributed by atoms with Gasteiger partial charge in [0.15, 0.2) is 11.5 Å². The highest BCUT2D eigenvalue weighted by molar-refractivity contribution is 9.10. The summed E-state index contributed by atoms with van der Waals surface area (Å²) in [4.78, 5) is 4.09. The number of halogens is 1. The van der Waals surface area contributed by atoms with Crippen LogP contribution in [0.4, 0.5) is 5.95 Å². The molecule has 0 aliphatic carbocycles. The van der Waals surface area contributed by atoms with Crippen molar-refractivity contribution in [3.8, 4) is 11.5 Å². The van der Waals surface area contributed by atoms with Crippen molar-refractivity contribution in [1.82, 2.24) is 9.55 Å². The van der Waals surface area contributed by atoms with Gasteiger partial charge in [0.2, 0.25) is 5.95 Å². The van der Waals surface area contributed by atoms with E-state index in [9.17, 15) is 0 Å². The number of nitrogens with two attached hydrogens (primary N) is 1. The molecule has 2 aromatic rings. The highest BCUT2D eigenvalue weighted by Crippen LogP contribution is 2.34. The summed E-state index contributed by atoms with van der Waals surface area (Å²) in [6, 6.07) is 3.82. The van der Waals surface area contributed by atoms with Crippen LogP contribution in [0.5, 0.6) is 11.5 Å². The number of imidazole rings is 1. The molecule has 0 saturated heterocycles. The van der Waals surface area contributed by atoms with Gasteiger partial charge in [0, 0.05) is 10.2 Å². The van der Waals surface area contributed by atoms with Crippen LogP contribution in [0.25, 0.3) is 0 Å². The van der Waals surface area contributed by atoms with Crippen molar-refractivity contribution >= 4 is 21.9 Å². The number of aromatic nitrogens is 2. The number of rotatable bonds is 4. The fraction of sp³-hybridized carbons (Fsp3) is 0.308. The van der Waals surface area contributed by atoms with Crippen molar-refractivity contribution in [2.75, 3.05) is 20.0 Å². The number of nitrogens with zero attached hydrogens (tertiary/aromatic N) is 2. The van der Waals surface area contributed by atoms with Gasteiger partial charge in [-0.1, -0.05) is 15.9 Å². The van der Waals surface area contributed by atoms with Gasteiger partial charge in [-0.25, -0.2) is 4.98 Å². The molecule has 102 valence electrons. The molecule has 0 aliphatic rings. The molecule has 2 rings (SSSR count). The van der Waals surface area contributed by atoms with E-state index in [4.69, 9.17) is 15.2 Å². The van der Waals surface area contributed by atoms with E-state index in [2.05, 4.69) is 20.9 Å². The number of aryl methyl sites for hydroxylation is 1. The fourth-order valence-corrected chi connectivity index (χ4v) is 2.32. The molecule has 19 heavy (non-hydrogen) atoms. The number of benzene rings is 1. The molecular weight excluding hydrogens is 310 g/mol. The molecule has 0 saturated carbocycles. The van der Waals surface area contributed by atoms with Gasteiger partial charge in [-0.15, -0.1) is 0 Å². The van der Waals surface area contributed by atoms with Gasteiger partial charge in [0.05, 0.1) is 27.0 Å². The second-order valence-electron chi connectivity index (χ2n) is 4.14. The maximum Gasteiger partial charge on any atom is 0.200 e. The summed E-state index contributed by atoms with van der Waals surface area (Å²) in [6.07, 6.45) is 1.75. The lowest BCUT2D eigenvalue weighted by Crippen LogP contribution is -2.07. The molecule has 1 heterocycles. The van der Waals surface area contributed by atoms with Crippen molar-refractivity contribution in [2.45, 2.75) is 13.5 Å². The molecule has 0 bridgehead atoms. The third-order valence-electron chi connectivity index (χ3n) is 2.97. The maximum absolute atomic E-state index is 5.85. The Morgan fingerprint density at radius 1 is 1.26 bits per heavy atom. The average Bonchev–Trinajstić information content (AvgIpc) is 2.72. The quantitative estimate of drug-likeness (QED) is 0.938. The molecule has 0 fully saturated rings. The van der Waals surface area contributed by atoms with Gasteiger partial charge in [-0.2, -0.15) is 0 Å². The number of ether oxygens (including phenoxy) is 2. The summed E-state index contributed by atoms with van der Waals surface area (Å²) >= 11 is 3.54. The minimum atomic E-state index is 0.499. The molecule has 2 N–H and O–H groups in total. The number of hydrogen-bond acceptors (Lipinski definition) is 4. The predicted octanol–water partition coefficient (Wildman–Crippen LogP) is 2.60. The molecule has 1 aromatic heterocycles. The van der Waals surface area contributed by atoms with Crippen LogP contribution in [-0.4, -0.2) is 23.8 Å². The average molecular weight is 326 g/mol. The van der Waals surface area contributed by atoms with Crippen LogP contribution in [0.1, 0.15) is 11.3 Å². The third kappa shape index (κ3) is 2.68. The summed E-state index contributed by atoms with van der Waals surface area (Å²) in [5.41, 5.74) is 7.91. The van der Waals surface area contributed by atoms with Crippen molar-refractivity contribution < 1.29 is 9.47 Å². The smallest absolute Gasteiger partial charge is 0.200 e. The van der Waals surface area contributed by atoms with E-state index < -0.39 is 0 Å². The zero-order valence-corrected chi connectivity index (χ0v) is 12.7. The minimum absolute atomic E-state index is 0.499. The number of methoxy groups -OCH3 is 2. The van der Waals surface area contributed by atoms with Crippen LogP contribution in [-0.2, 0) is 6.54 Å². The molecule has 0 atom stereocenters. The van der Waals surface area contributed by atoms with E-state index in [-0.39, 0.29) is 0 Å². The molecule has 0 aliphatic heterocycles. The van der Waals surface area contributed by atoms with E-state index in [1.807, 2.05) is 23.6 Å². The largest absolute Gasteiger partial charge is 0.493 e. The lowest BCUT2D eigenvalue weighted by atomic mass is 10.2. The van der Waals surface area contributed by atoms with Crippen LogP contribution < -0.4 is 15.2 Å². The normalized spacial score (nSPS) is 10.5. The minimum Gasteiger partial charge on any atom is -0.493 e. The van der Waals surface area contributed by atoms with Gasteiger partial charge in [0.25, 0.3) is 0 Å². The summed E-state index contributed by atoms with van der Waals surface area (Å²) < 4.78 is 13.4. The summed E-state index contributed by atoms with van der Waals surface area (Å²) in [6.45, 7) is 2.59. The molecule has 5 nitrogen and oxygen atoms in total. The lowest BCUT2D eigenvalue weighted by Gasteiger charge is -2.13. The Balaban J connectivity index is 2.40. The Hall–Kier alpha value is -1.69. The lowest BCUT2D eigenvalue weighted by molar-refractivity contribution is 0.354. The van der Waals surface area contributed by atoms with Gasteiger partial charge >= 0.3 is 0 Å². The third-order valence-corrected chi connectivity index (χ3v) is 3.71. The fourth-order valence-electron chi connectivity index (χ4n) is 1.87. The van der Waals surface area contributed by atoms with Crippen molar-refractivity contribution in [2.24, 2.45) is 0 Å². The highest BCUT2D eigenvalue weighted by atomic mass is 79.9. The number of hydrogen-bond donors (Lipinski definition) is 1. The zero-order valence-electron chi connectivity index (χ0n) is 11.1. The predicted molar refractivity (Wildman–Crippen MR) is 77.7 cm³/mol. The van der Waals surface area contributed by atoms with Crippen molar-refractivity contribution in [1.29, 1.82) is 0 Å². The molecule has 0 unspecified atom stereocenters. The van der Waals surface area contributed by atoms with Crippen molar-refractivity contribution in [3.63, 3.8) is 0 Å². The van der Waals surface area contributed by atoms with Crippen LogP contribution in [0.2, 0.25) is 0 Å². The van der Waals surface area contributed by atoms with Crippen LogP contribution >= 0.6 is 15.9 Å². The summed E-state index contributed by atoms with van der Waals surface area (Å²) in [5.74, 6) is 1.88. The van der Waals surface area contributed by atoms with Gasteiger partial charge in [-0.3, -0.25) is 0 Å². The van der Waals surface area contributed by atoms with Crippen molar-refractivity contribution in [3.05, 3.63) is 34.1 Å². The van der Waals surface area contributed by atoms with E-state index in [1.54, 1.807) is 20.4 Å². The standard InChI is InChI=1S/C13H16BrN3O2/c1-8-6-16-13(15)17(8)7-9-4-11(18-2)12(19-3)5-10(9)14/h4-6H,7H2,1-3H3,(H2,15,16). The van der Waals surface area contributed by atoms with Crippen LogP contribution in [0.15, 0.2) is 22.8 Å². The van der Waals surface area contributed by atoms with Crippen LogP contribution in [0.3, 0.4) is 0 Å². The van der Waals surface area contributed by atoms with E-state index >= 15 is 0 Å². The number of nitrogen functional groups attached to an aromatic ring is 1. The molecule has 0 spiro atoms. The first-order valence-electron chi connectivity index (χ1n) is 5.74. The molecule has 1 aromatic carbocycles. The molecule has 0 radical (unpaired) electrons.